The number of hydrogen-bond acceptors (Lipinski definition) is 2. The van der Waals surface area contributed by atoms with E-state index in [2.05, 4.69) is 5.32 Å². The van der Waals surface area contributed by atoms with E-state index >= 15 is 0 Å². The molecule has 0 radical (unpaired) electrons. The van der Waals surface area contributed by atoms with Crippen molar-refractivity contribution in [3.63, 3.8) is 0 Å². The summed E-state index contributed by atoms with van der Waals surface area (Å²) in [6.07, 6.45) is 0. The van der Waals surface area contributed by atoms with Crippen LogP contribution in [-0.4, -0.2) is 0 Å². The Morgan fingerprint density at radius 2 is 1.88 bits per heavy atom. The third-order valence-corrected chi connectivity index (χ3v) is 3.43. The molecule has 2 aromatic rings. The lowest BCUT2D eigenvalue weighted by atomic mass is 10.2. The van der Waals surface area contributed by atoms with Crippen molar-refractivity contribution in [2.75, 3.05) is 5.32 Å². The molecule has 0 saturated heterocycles. The van der Waals surface area contributed by atoms with E-state index in [9.17, 15) is 13.2 Å². The summed E-state index contributed by atoms with van der Waals surface area (Å²) in [5.41, 5.74) is -0.0372. The molecule has 1 aromatic carbocycles. The molecule has 1 N–H and O–H groups in total. The van der Waals surface area contributed by atoms with Crippen LogP contribution in [0.4, 0.5) is 18.9 Å². The van der Waals surface area contributed by atoms with Crippen molar-refractivity contribution in [3.8, 4) is 0 Å². The van der Waals surface area contributed by atoms with Gasteiger partial charge in [0.2, 0.25) is 0 Å². The number of hydrogen-bond donors (Lipinski definition) is 1. The molecule has 0 amide bonds. The lowest BCUT2D eigenvalue weighted by molar-refractivity contribution is 0.448. The standard InChI is InChI=1S/C12H10F3NS/c1-7(10-3-2-6-17-10)16-9-5-4-8(13)11(14)12(9)15/h2-7,16H,1H3. The maximum absolute atomic E-state index is 13.4. The van der Waals surface area contributed by atoms with Gasteiger partial charge in [-0.3, -0.25) is 0 Å². The van der Waals surface area contributed by atoms with Crippen molar-refractivity contribution < 1.29 is 13.2 Å². The molecule has 0 saturated carbocycles. The van der Waals surface area contributed by atoms with Crippen molar-refractivity contribution in [2.24, 2.45) is 0 Å². The number of nitrogens with one attached hydrogen (secondary N) is 1. The summed E-state index contributed by atoms with van der Waals surface area (Å²) in [4.78, 5) is 0.995. The SMILES string of the molecule is CC(Nc1ccc(F)c(F)c1F)c1cccs1. The van der Waals surface area contributed by atoms with Gasteiger partial charge in [0.25, 0.3) is 0 Å². The number of halogens is 3. The average molecular weight is 257 g/mol. The van der Waals surface area contributed by atoms with Crippen LogP contribution in [0.1, 0.15) is 17.8 Å². The minimum absolute atomic E-state index is 0.0372. The van der Waals surface area contributed by atoms with E-state index in [1.54, 1.807) is 0 Å². The Hall–Kier alpha value is -1.49. The van der Waals surface area contributed by atoms with Crippen LogP contribution in [0.5, 0.6) is 0 Å². The van der Waals surface area contributed by atoms with Gasteiger partial charge in [-0.15, -0.1) is 11.3 Å². The largest absolute Gasteiger partial charge is 0.375 e. The second kappa shape index (κ2) is 4.79. The van der Waals surface area contributed by atoms with E-state index in [-0.39, 0.29) is 11.7 Å². The van der Waals surface area contributed by atoms with Crippen LogP contribution >= 0.6 is 11.3 Å². The third-order valence-electron chi connectivity index (χ3n) is 2.38. The highest BCUT2D eigenvalue weighted by Crippen LogP contribution is 2.26. The van der Waals surface area contributed by atoms with Crippen LogP contribution in [0.25, 0.3) is 0 Å². The highest BCUT2D eigenvalue weighted by molar-refractivity contribution is 7.10. The van der Waals surface area contributed by atoms with E-state index in [0.29, 0.717) is 0 Å². The van der Waals surface area contributed by atoms with Crippen LogP contribution < -0.4 is 5.32 Å². The summed E-state index contributed by atoms with van der Waals surface area (Å²) < 4.78 is 39.1. The Labute approximate surface area is 101 Å². The molecule has 1 aromatic heterocycles. The van der Waals surface area contributed by atoms with E-state index in [0.717, 1.165) is 10.9 Å². The summed E-state index contributed by atoms with van der Waals surface area (Å²) in [5, 5.41) is 4.71. The average Bonchev–Trinajstić information content (AvgIpc) is 2.83. The fourth-order valence-corrected chi connectivity index (χ4v) is 2.21. The van der Waals surface area contributed by atoms with Gasteiger partial charge in [0, 0.05) is 4.88 Å². The van der Waals surface area contributed by atoms with Crippen molar-refractivity contribution in [1.29, 1.82) is 0 Å². The zero-order valence-electron chi connectivity index (χ0n) is 9.01. The zero-order chi connectivity index (χ0) is 12.4. The molecule has 5 heteroatoms. The highest BCUT2D eigenvalue weighted by Gasteiger charge is 2.15. The Morgan fingerprint density at radius 3 is 2.53 bits per heavy atom. The van der Waals surface area contributed by atoms with E-state index in [1.807, 2.05) is 24.4 Å². The Bertz CT molecular complexity index is 511. The molecule has 90 valence electrons. The van der Waals surface area contributed by atoms with Crippen LogP contribution in [0, 0.1) is 17.5 Å². The Morgan fingerprint density at radius 1 is 1.12 bits per heavy atom. The van der Waals surface area contributed by atoms with Gasteiger partial charge < -0.3 is 5.32 Å². The van der Waals surface area contributed by atoms with Crippen molar-refractivity contribution in [3.05, 3.63) is 52.0 Å². The molecule has 0 bridgehead atoms. The molecule has 0 aliphatic heterocycles. The van der Waals surface area contributed by atoms with E-state index in [1.165, 1.54) is 17.4 Å². The Balaban J connectivity index is 2.22. The minimum atomic E-state index is -1.45. The minimum Gasteiger partial charge on any atom is -0.375 e. The highest BCUT2D eigenvalue weighted by atomic mass is 32.1. The quantitative estimate of drug-likeness (QED) is 0.806. The topological polar surface area (TPSA) is 12.0 Å². The van der Waals surface area contributed by atoms with Gasteiger partial charge in [-0.25, -0.2) is 13.2 Å². The molecule has 1 nitrogen and oxygen atoms in total. The number of thiophene rings is 1. The first-order valence-electron chi connectivity index (χ1n) is 5.03. The zero-order valence-corrected chi connectivity index (χ0v) is 9.82. The van der Waals surface area contributed by atoms with E-state index in [4.69, 9.17) is 0 Å². The smallest absolute Gasteiger partial charge is 0.196 e. The van der Waals surface area contributed by atoms with Crippen LogP contribution in [-0.2, 0) is 0 Å². The second-order valence-electron chi connectivity index (χ2n) is 3.60. The molecule has 1 atom stereocenters. The number of rotatable bonds is 3. The van der Waals surface area contributed by atoms with E-state index < -0.39 is 17.5 Å². The first-order chi connectivity index (χ1) is 8.09. The summed E-state index contributed by atoms with van der Waals surface area (Å²) in [6.45, 7) is 1.83. The maximum Gasteiger partial charge on any atom is 0.196 e. The molecular formula is C12H10F3NS. The normalized spacial score (nSPS) is 12.5. The van der Waals surface area contributed by atoms with Gasteiger partial charge in [0.1, 0.15) is 0 Å². The lowest BCUT2D eigenvalue weighted by Crippen LogP contribution is -2.08. The van der Waals surface area contributed by atoms with Crippen molar-refractivity contribution in [2.45, 2.75) is 13.0 Å². The summed E-state index contributed by atoms with van der Waals surface area (Å²) in [7, 11) is 0. The molecule has 0 spiro atoms. The van der Waals surface area contributed by atoms with Gasteiger partial charge in [-0.2, -0.15) is 0 Å². The van der Waals surface area contributed by atoms with Crippen LogP contribution in [0.15, 0.2) is 29.6 Å². The molecule has 1 heterocycles. The molecule has 17 heavy (non-hydrogen) atoms. The molecule has 1 unspecified atom stereocenters. The molecular weight excluding hydrogens is 247 g/mol. The van der Waals surface area contributed by atoms with Crippen LogP contribution in [0.3, 0.4) is 0 Å². The predicted octanol–water partition coefficient (Wildman–Crippen LogP) is 4.34. The summed E-state index contributed by atoms with van der Waals surface area (Å²) >= 11 is 1.51. The van der Waals surface area contributed by atoms with Gasteiger partial charge in [0.15, 0.2) is 17.5 Å². The molecule has 0 aliphatic rings. The van der Waals surface area contributed by atoms with Gasteiger partial charge >= 0.3 is 0 Å². The fourth-order valence-electron chi connectivity index (χ4n) is 1.48. The third kappa shape index (κ3) is 2.44. The molecule has 2 rings (SSSR count). The summed E-state index contributed by atoms with van der Waals surface area (Å²) in [5.74, 6) is -3.82. The fraction of sp³-hybridized carbons (Fsp3) is 0.167. The number of anilines is 1. The van der Waals surface area contributed by atoms with Gasteiger partial charge in [0.05, 0.1) is 11.7 Å². The number of benzene rings is 1. The second-order valence-corrected chi connectivity index (χ2v) is 4.58. The van der Waals surface area contributed by atoms with Gasteiger partial charge in [-0.1, -0.05) is 6.07 Å². The van der Waals surface area contributed by atoms with Gasteiger partial charge in [-0.05, 0) is 30.5 Å². The summed E-state index contributed by atoms with van der Waals surface area (Å²) in [6, 6.07) is 5.70. The van der Waals surface area contributed by atoms with Crippen molar-refractivity contribution in [1.82, 2.24) is 0 Å². The van der Waals surface area contributed by atoms with Crippen LogP contribution in [0.2, 0.25) is 0 Å². The molecule has 0 aliphatic carbocycles. The first kappa shape index (κ1) is 12.0. The first-order valence-corrected chi connectivity index (χ1v) is 5.91. The van der Waals surface area contributed by atoms with Crippen molar-refractivity contribution >= 4 is 17.0 Å². The maximum atomic E-state index is 13.4. The predicted molar refractivity (Wildman–Crippen MR) is 62.7 cm³/mol. The lowest BCUT2D eigenvalue weighted by Gasteiger charge is -2.14. The Kier molecular flexibility index (Phi) is 3.38. The molecule has 0 fully saturated rings. The monoisotopic (exact) mass is 257 g/mol.